The molecule has 1 heterocycles. The molecule has 128 valence electrons. The van der Waals surface area contributed by atoms with Crippen LogP contribution in [0.1, 0.15) is 5.56 Å². The normalized spacial score (nSPS) is 15.8. The number of hydrogen-bond acceptors (Lipinski definition) is 7. The summed E-state index contributed by atoms with van der Waals surface area (Å²) in [5, 5.41) is 8.85. The monoisotopic (exact) mass is 369 g/mol. The average Bonchev–Trinajstić information content (AvgIpc) is 2.80. The highest BCUT2D eigenvalue weighted by atomic mass is 32.2. The van der Waals surface area contributed by atoms with E-state index in [1.807, 2.05) is 0 Å². The van der Waals surface area contributed by atoms with Crippen LogP contribution in [0.2, 0.25) is 0 Å². The van der Waals surface area contributed by atoms with Crippen molar-refractivity contribution in [3.63, 3.8) is 0 Å². The fraction of sp³-hybridized carbons (Fsp3) is 0.267. The number of rotatable bonds is 6. The Morgan fingerprint density at radius 1 is 1.25 bits per heavy atom. The number of methoxy groups -OCH3 is 3. The Kier molecular flexibility index (Phi) is 5.68. The number of carboxylic acid groups (broad SMARTS) is 1. The van der Waals surface area contributed by atoms with Crippen molar-refractivity contribution < 1.29 is 28.9 Å². The number of aliphatic carboxylic acids is 1. The van der Waals surface area contributed by atoms with Crippen LogP contribution in [-0.2, 0) is 9.59 Å². The Balaban J connectivity index is 2.39. The van der Waals surface area contributed by atoms with Gasteiger partial charge in [0.25, 0.3) is 5.91 Å². The van der Waals surface area contributed by atoms with E-state index >= 15 is 0 Å². The maximum atomic E-state index is 12.3. The van der Waals surface area contributed by atoms with Gasteiger partial charge in [-0.25, -0.2) is 0 Å². The van der Waals surface area contributed by atoms with Crippen molar-refractivity contribution in [3.8, 4) is 17.2 Å². The van der Waals surface area contributed by atoms with Gasteiger partial charge in [0.05, 0.1) is 26.2 Å². The second-order valence-corrected chi connectivity index (χ2v) is 6.30. The van der Waals surface area contributed by atoms with Crippen LogP contribution < -0.4 is 14.2 Å². The Hall–Kier alpha value is -2.26. The molecule has 1 saturated heterocycles. The molecule has 7 nitrogen and oxygen atoms in total. The number of hydrogen-bond donors (Lipinski definition) is 1. The predicted octanol–water partition coefficient (Wildman–Crippen LogP) is 2.00. The van der Waals surface area contributed by atoms with E-state index < -0.39 is 18.4 Å². The summed E-state index contributed by atoms with van der Waals surface area (Å²) in [6.07, 6.45) is 1.60. The van der Waals surface area contributed by atoms with Crippen LogP contribution in [0, 0.1) is 0 Å². The second-order valence-electron chi connectivity index (χ2n) is 4.62. The molecule has 1 aromatic carbocycles. The summed E-state index contributed by atoms with van der Waals surface area (Å²) < 4.78 is 16.0. The Morgan fingerprint density at radius 3 is 2.29 bits per heavy atom. The van der Waals surface area contributed by atoms with Gasteiger partial charge in [-0.15, -0.1) is 0 Å². The number of thioether (sulfide) groups is 1. The molecule has 1 amide bonds. The van der Waals surface area contributed by atoms with Crippen molar-refractivity contribution in [3.05, 3.63) is 22.6 Å². The molecule has 1 fully saturated rings. The molecule has 1 N–H and O–H groups in total. The molecular formula is C15H15NO6S2. The number of carbonyl (C=O) groups is 2. The van der Waals surface area contributed by atoms with Crippen molar-refractivity contribution in [1.29, 1.82) is 0 Å². The number of thiocarbonyl (C=S) groups is 1. The van der Waals surface area contributed by atoms with Crippen LogP contribution in [0.15, 0.2) is 17.0 Å². The molecule has 9 heteroatoms. The predicted molar refractivity (Wildman–Crippen MR) is 93.6 cm³/mol. The standard InChI is InChI=1S/C15H15NO6S2/c1-20-9-4-8(5-10(21-2)13(9)22-3)6-11-14(19)16(7-12(17)18)15(23)24-11/h4-6H,7H2,1-3H3,(H,17,18)/b11-6-. The molecule has 0 atom stereocenters. The minimum atomic E-state index is -1.12. The van der Waals surface area contributed by atoms with Crippen LogP contribution >= 0.6 is 24.0 Å². The lowest BCUT2D eigenvalue weighted by Gasteiger charge is -2.13. The van der Waals surface area contributed by atoms with Crippen molar-refractivity contribution in [1.82, 2.24) is 4.90 Å². The highest BCUT2D eigenvalue weighted by Gasteiger charge is 2.33. The third kappa shape index (κ3) is 3.62. The zero-order valence-electron chi connectivity index (χ0n) is 13.2. The van der Waals surface area contributed by atoms with Crippen LogP contribution in [0.3, 0.4) is 0 Å². The van der Waals surface area contributed by atoms with E-state index in [1.54, 1.807) is 18.2 Å². The van der Waals surface area contributed by atoms with E-state index in [0.29, 0.717) is 27.7 Å². The first kappa shape index (κ1) is 18.1. The van der Waals surface area contributed by atoms with Gasteiger partial charge in [-0.2, -0.15) is 0 Å². The van der Waals surface area contributed by atoms with Gasteiger partial charge >= 0.3 is 5.97 Å². The first-order chi connectivity index (χ1) is 11.4. The molecule has 1 aromatic rings. The van der Waals surface area contributed by atoms with E-state index in [-0.39, 0.29) is 4.32 Å². The van der Waals surface area contributed by atoms with Gasteiger partial charge < -0.3 is 19.3 Å². The molecule has 0 aliphatic carbocycles. The third-order valence-corrected chi connectivity index (χ3v) is 4.53. The molecule has 2 rings (SSSR count). The minimum absolute atomic E-state index is 0.209. The van der Waals surface area contributed by atoms with Crippen LogP contribution in [-0.4, -0.2) is 54.1 Å². The van der Waals surface area contributed by atoms with Crippen molar-refractivity contribution in [2.75, 3.05) is 27.9 Å². The van der Waals surface area contributed by atoms with E-state index in [1.165, 1.54) is 21.3 Å². The zero-order chi connectivity index (χ0) is 17.9. The topological polar surface area (TPSA) is 85.3 Å². The lowest BCUT2D eigenvalue weighted by molar-refractivity contribution is -0.140. The van der Waals surface area contributed by atoms with Gasteiger partial charge in [0.1, 0.15) is 10.9 Å². The summed E-state index contributed by atoms with van der Waals surface area (Å²) in [4.78, 5) is 24.5. The minimum Gasteiger partial charge on any atom is -0.493 e. The number of benzene rings is 1. The summed E-state index contributed by atoms with van der Waals surface area (Å²) in [7, 11) is 4.48. The fourth-order valence-electron chi connectivity index (χ4n) is 2.11. The first-order valence-electron chi connectivity index (χ1n) is 6.68. The summed E-state index contributed by atoms with van der Waals surface area (Å²) in [5.74, 6) is -0.231. The Labute approximate surface area is 148 Å². The van der Waals surface area contributed by atoms with Crippen LogP contribution in [0.5, 0.6) is 17.2 Å². The van der Waals surface area contributed by atoms with Gasteiger partial charge in [0, 0.05) is 0 Å². The van der Waals surface area contributed by atoms with Gasteiger partial charge in [0.15, 0.2) is 11.5 Å². The summed E-state index contributed by atoms with van der Waals surface area (Å²) in [6.45, 7) is -0.461. The zero-order valence-corrected chi connectivity index (χ0v) is 14.8. The number of nitrogens with zero attached hydrogens (tertiary/aromatic N) is 1. The highest BCUT2D eigenvalue weighted by molar-refractivity contribution is 8.26. The fourth-order valence-corrected chi connectivity index (χ4v) is 3.36. The summed E-state index contributed by atoms with van der Waals surface area (Å²) in [6, 6.07) is 3.37. The largest absolute Gasteiger partial charge is 0.493 e. The van der Waals surface area contributed by atoms with Crippen molar-refractivity contribution in [2.45, 2.75) is 0 Å². The van der Waals surface area contributed by atoms with Crippen LogP contribution in [0.25, 0.3) is 6.08 Å². The molecule has 0 spiro atoms. The van der Waals surface area contributed by atoms with Crippen LogP contribution in [0.4, 0.5) is 0 Å². The third-order valence-electron chi connectivity index (χ3n) is 3.15. The molecule has 0 saturated carbocycles. The number of ether oxygens (including phenoxy) is 3. The smallest absolute Gasteiger partial charge is 0.323 e. The first-order valence-corrected chi connectivity index (χ1v) is 7.91. The average molecular weight is 369 g/mol. The summed E-state index contributed by atoms with van der Waals surface area (Å²) >= 11 is 6.11. The number of carboxylic acids is 1. The Morgan fingerprint density at radius 2 is 1.83 bits per heavy atom. The SMILES string of the molecule is COc1cc(/C=C2\SC(=S)N(CC(=O)O)C2=O)cc(OC)c1OC. The van der Waals surface area contributed by atoms with E-state index in [4.69, 9.17) is 31.5 Å². The summed E-state index contributed by atoms with van der Waals surface area (Å²) in [5.41, 5.74) is 0.639. The van der Waals surface area contributed by atoms with Gasteiger partial charge in [-0.1, -0.05) is 24.0 Å². The van der Waals surface area contributed by atoms with Gasteiger partial charge in [-0.3, -0.25) is 14.5 Å². The second kappa shape index (κ2) is 7.54. The van der Waals surface area contributed by atoms with Crippen molar-refractivity contribution >= 4 is 46.3 Å². The van der Waals surface area contributed by atoms with E-state index in [0.717, 1.165) is 16.7 Å². The maximum Gasteiger partial charge on any atom is 0.323 e. The van der Waals surface area contributed by atoms with Gasteiger partial charge in [0.2, 0.25) is 5.75 Å². The lowest BCUT2D eigenvalue weighted by Crippen LogP contribution is -2.33. The molecule has 24 heavy (non-hydrogen) atoms. The quantitative estimate of drug-likeness (QED) is 0.602. The molecule has 1 aliphatic heterocycles. The molecule has 0 unspecified atom stereocenters. The number of carbonyl (C=O) groups excluding carboxylic acids is 1. The molecule has 1 aliphatic rings. The Bertz CT molecular complexity index is 706. The van der Waals surface area contributed by atoms with E-state index in [2.05, 4.69) is 0 Å². The van der Waals surface area contributed by atoms with Gasteiger partial charge in [-0.05, 0) is 23.8 Å². The highest BCUT2D eigenvalue weighted by Crippen LogP contribution is 2.40. The molecular weight excluding hydrogens is 354 g/mol. The molecule has 0 aromatic heterocycles. The lowest BCUT2D eigenvalue weighted by atomic mass is 10.1. The molecule has 0 bridgehead atoms. The number of amides is 1. The van der Waals surface area contributed by atoms with Crippen molar-refractivity contribution in [2.24, 2.45) is 0 Å². The molecule has 0 radical (unpaired) electrons. The maximum absolute atomic E-state index is 12.3. The van der Waals surface area contributed by atoms with E-state index in [9.17, 15) is 9.59 Å².